The average Bonchev–Trinajstić information content (AvgIpc) is 3.31. The molecule has 1 aliphatic heterocycles. The number of nitrogens with zero attached hydrogens (tertiary/aromatic N) is 2. The van der Waals surface area contributed by atoms with Gasteiger partial charge in [-0.2, -0.15) is 0 Å². The van der Waals surface area contributed by atoms with Crippen LogP contribution in [0.15, 0.2) is 119 Å². The van der Waals surface area contributed by atoms with Crippen LogP contribution in [0.1, 0.15) is 11.1 Å². The van der Waals surface area contributed by atoms with E-state index in [1.54, 1.807) is 48.4 Å². The molecule has 8 heteroatoms. The maximum absolute atomic E-state index is 13.7. The molecule has 208 valence electrons. The van der Waals surface area contributed by atoms with Gasteiger partial charge < -0.3 is 9.47 Å². The van der Waals surface area contributed by atoms with Crippen molar-refractivity contribution in [3.05, 3.63) is 135 Å². The van der Waals surface area contributed by atoms with Crippen LogP contribution >= 0.6 is 35.0 Å². The van der Waals surface area contributed by atoms with E-state index in [1.165, 1.54) is 11.8 Å². The van der Waals surface area contributed by atoms with Gasteiger partial charge in [-0.1, -0.05) is 71.7 Å². The molecule has 0 bridgehead atoms. The van der Waals surface area contributed by atoms with Crippen molar-refractivity contribution in [2.24, 2.45) is 4.99 Å². The second kappa shape index (κ2) is 12.3. The summed E-state index contributed by atoms with van der Waals surface area (Å²) in [7, 11) is 1.60. The molecule has 0 saturated carbocycles. The highest BCUT2D eigenvalue weighted by Crippen LogP contribution is 2.39. The first-order valence-corrected chi connectivity index (χ1v) is 14.7. The van der Waals surface area contributed by atoms with Gasteiger partial charge in [-0.15, -0.1) is 0 Å². The first-order valence-electron chi connectivity index (χ1n) is 13.1. The summed E-state index contributed by atoms with van der Waals surface area (Å²) >= 11 is 13.5. The molecule has 0 unspecified atom stereocenters. The van der Waals surface area contributed by atoms with Crippen molar-refractivity contribution in [3.8, 4) is 11.5 Å². The zero-order valence-electron chi connectivity index (χ0n) is 22.5. The number of amides is 1. The molecule has 0 atom stereocenters. The molecule has 42 heavy (non-hydrogen) atoms. The van der Waals surface area contributed by atoms with E-state index in [0.717, 1.165) is 21.9 Å². The van der Waals surface area contributed by atoms with Crippen molar-refractivity contribution in [2.45, 2.75) is 6.61 Å². The predicted molar refractivity (Wildman–Crippen MR) is 174 cm³/mol. The Morgan fingerprint density at radius 2 is 1.55 bits per heavy atom. The van der Waals surface area contributed by atoms with E-state index in [4.69, 9.17) is 37.7 Å². The fourth-order valence-electron chi connectivity index (χ4n) is 4.61. The predicted octanol–water partition coefficient (Wildman–Crippen LogP) is 9.54. The maximum Gasteiger partial charge on any atom is 0.271 e. The number of aliphatic imine (C=N–C) groups is 1. The van der Waals surface area contributed by atoms with Crippen LogP contribution in [-0.4, -0.2) is 18.2 Å². The van der Waals surface area contributed by atoms with E-state index >= 15 is 0 Å². The van der Waals surface area contributed by atoms with Crippen molar-refractivity contribution < 1.29 is 14.3 Å². The molecule has 0 aromatic heterocycles. The Labute approximate surface area is 258 Å². The molecule has 0 radical (unpaired) electrons. The quantitative estimate of drug-likeness (QED) is 0.172. The third kappa shape index (κ3) is 6.02. The standard InChI is InChI=1S/C34H24Cl2N2O3S/c1-40-31-19-22(9-18-30(31)41-21-24-7-4-6-23-5-2-3-8-29(23)24)20-32-33(39)38(28-16-12-26(36)13-17-28)34(42-32)37-27-14-10-25(35)11-15-27/h2-20H,21H2,1H3/b32-20-,37-34?. The Hall–Kier alpha value is -4.23. The third-order valence-electron chi connectivity index (χ3n) is 6.69. The summed E-state index contributed by atoms with van der Waals surface area (Å²) in [5, 5.41) is 4.04. The zero-order chi connectivity index (χ0) is 29.1. The molecule has 1 amide bonds. The van der Waals surface area contributed by atoms with Gasteiger partial charge in [-0.25, -0.2) is 4.99 Å². The van der Waals surface area contributed by atoms with Crippen LogP contribution in [0.2, 0.25) is 10.0 Å². The molecule has 1 heterocycles. The Bertz CT molecular complexity index is 1830. The van der Waals surface area contributed by atoms with Gasteiger partial charge in [0, 0.05) is 10.0 Å². The molecular formula is C34H24Cl2N2O3S. The van der Waals surface area contributed by atoms with E-state index in [2.05, 4.69) is 24.3 Å². The lowest BCUT2D eigenvalue weighted by Crippen LogP contribution is -2.28. The van der Waals surface area contributed by atoms with Gasteiger partial charge in [0.2, 0.25) is 0 Å². The Morgan fingerprint density at radius 1 is 0.833 bits per heavy atom. The maximum atomic E-state index is 13.7. The van der Waals surface area contributed by atoms with Crippen LogP contribution in [-0.2, 0) is 11.4 Å². The number of fused-ring (bicyclic) bond motifs is 1. The second-order valence-corrected chi connectivity index (χ2v) is 11.3. The van der Waals surface area contributed by atoms with Crippen LogP contribution in [0.25, 0.3) is 16.8 Å². The zero-order valence-corrected chi connectivity index (χ0v) is 24.8. The molecule has 0 spiro atoms. The third-order valence-corrected chi connectivity index (χ3v) is 8.16. The molecule has 5 nitrogen and oxygen atoms in total. The number of hydrogen-bond donors (Lipinski definition) is 0. The van der Waals surface area contributed by atoms with Gasteiger partial charge in [0.15, 0.2) is 16.7 Å². The summed E-state index contributed by atoms with van der Waals surface area (Å²) in [5.41, 5.74) is 3.24. The molecule has 0 aliphatic carbocycles. The first-order chi connectivity index (χ1) is 20.5. The van der Waals surface area contributed by atoms with E-state index < -0.39 is 0 Å². The van der Waals surface area contributed by atoms with E-state index in [0.29, 0.717) is 49.6 Å². The normalized spacial score (nSPS) is 15.1. The van der Waals surface area contributed by atoms with Crippen molar-refractivity contribution in [3.63, 3.8) is 0 Å². The minimum Gasteiger partial charge on any atom is -0.493 e. The number of carbonyl (C=O) groups excluding carboxylic acids is 1. The number of carbonyl (C=O) groups is 1. The molecule has 6 rings (SSSR count). The Balaban J connectivity index is 1.28. The summed E-state index contributed by atoms with van der Waals surface area (Å²) in [6.45, 7) is 0.396. The van der Waals surface area contributed by atoms with Gasteiger partial charge in [-0.3, -0.25) is 9.69 Å². The largest absolute Gasteiger partial charge is 0.493 e. The van der Waals surface area contributed by atoms with Gasteiger partial charge in [0.05, 0.1) is 23.4 Å². The summed E-state index contributed by atoms with van der Waals surface area (Å²) < 4.78 is 11.8. The first kappa shape index (κ1) is 27.9. The lowest BCUT2D eigenvalue weighted by atomic mass is 10.1. The second-order valence-electron chi connectivity index (χ2n) is 9.44. The molecular weight excluding hydrogens is 587 g/mol. The molecule has 5 aromatic carbocycles. The number of amidine groups is 1. The van der Waals surface area contributed by atoms with Crippen LogP contribution < -0.4 is 14.4 Å². The number of anilines is 1. The Kier molecular flexibility index (Phi) is 8.20. The van der Waals surface area contributed by atoms with E-state index in [1.807, 2.05) is 54.6 Å². The number of rotatable bonds is 7. The number of benzene rings is 5. The molecule has 0 N–H and O–H groups in total. The van der Waals surface area contributed by atoms with Crippen LogP contribution in [0, 0.1) is 0 Å². The number of methoxy groups -OCH3 is 1. The lowest BCUT2D eigenvalue weighted by molar-refractivity contribution is -0.113. The van der Waals surface area contributed by atoms with E-state index in [-0.39, 0.29) is 5.91 Å². The van der Waals surface area contributed by atoms with Crippen molar-refractivity contribution >= 4 is 74.3 Å². The highest BCUT2D eigenvalue weighted by atomic mass is 35.5. The van der Waals surface area contributed by atoms with Gasteiger partial charge in [0.1, 0.15) is 6.61 Å². The summed E-state index contributed by atoms with van der Waals surface area (Å²) in [6.07, 6.45) is 1.83. The highest BCUT2D eigenvalue weighted by molar-refractivity contribution is 8.19. The average molecular weight is 612 g/mol. The molecule has 1 saturated heterocycles. The fraction of sp³-hybridized carbons (Fsp3) is 0.0588. The van der Waals surface area contributed by atoms with E-state index in [9.17, 15) is 4.79 Å². The van der Waals surface area contributed by atoms with Crippen LogP contribution in [0.4, 0.5) is 11.4 Å². The topological polar surface area (TPSA) is 51.1 Å². The number of ether oxygens (including phenoxy) is 2. The van der Waals surface area contributed by atoms with Gasteiger partial charge in [-0.05, 0) is 100 Å². The Morgan fingerprint density at radius 3 is 2.31 bits per heavy atom. The smallest absolute Gasteiger partial charge is 0.271 e. The molecule has 5 aromatic rings. The lowest BCUT2D eigenvalue weighted by Gasteiger charge is -2.15. The van der Waals surface area contributed by atoms with Crippen molar-refractivity contribution in [1.29, 1.82) is 0 Å². The van der Waals surface area contributed by atoms with Crippen molar-refractivity contribution in [1.82, 2.24) is 0 Å². The number of halogens is 2. The summed E-state index contributed by atoms with van der Waals surface area (Å²) in [5.74, 6) is 1.00. The SMILES string of the molecule is COc1cc(/C=C2\SC(=Nc3ccc(Cl)cc3)N(c3ccc(Cl)cc3)C2=O)ccc1OCc1cccc2ccccc12. The van der Waals surface area contributed by atoms with Crippen LogP contribution in [0.3, 0.4) is 0 Å². The minimum atomic E-state index is -0.190. The number of hydrogen-bond acceptors (Lipinski definition) is 5. The van der Waals surface area contributed by atoms with Crippen LogP contribution in [0.5, 0.6) is 11.5 Å². The summed E-state index contributed by atoms with van der Waals surface area (Å²) in [6, 6.07) is 34.3. The monoisotopic (exact) mass is 610 g/mol. The fourth-order valence-corrected chi connectivity index (χ4v) is 5.86. The van der Waals surface area contributed by atoms with Gasteiger partial charge in [0.25, 0.3) is 5.91 Å². The summed E-state index contributed by atoms with van der Waals surface area (Å²) in [4.78, 5) is 20.5. The highest BCUT2D eigenvalue weighted by Gasteiger charge is 2.34. The number of thioether (sulfide) groups is 1. The van der Waals surface area contributed by atoms with Gasteiger partial charge >= 0.3 is 0 Å². The molecule has 1 fully saturated rings. The minimum absolute atomic E-state index is 0.190. The van der Waals surface area contributed by atoms with Crippen molar-refractivity contribution in [2.75, 3.05) is 12.0 Å². The molecule has 1 aliphatic rings.